The summed E-state index contributed by atoms with van der Waals surface area (Å²) in [6.45, 7) is 28.5. The summed E-state index contributed by atoms with van der Waals surface area (Å²) in [7, 11) is 0. The fourth-order valence-electron chi connectivity index (χ4n) is 17.4. The van der Waals surface area contributed by atoms with Gasteiger partial charge in [0, 0.05) is 79.1 Å². The third-order valence-electron chi connectivity index (χ3n) is 21.7. The summed E-state index contributed by atoms with van der Waals surface area (Å²) in [4.78, 5) is 11.0. The molecule has 0 bridgehead atoms. The number of rotatable bonds is 0. The molecule has 0 unspecified atom stereocenters. The molecule has 0 aromatic heterocycles. The minimum Gasteiger partial charge on any atom is -0.312 e. The number of anilines is 12. The second-order valence-corrected chi connectivity index (χ2v) is 30.8. The van der Waals surface area contributed by atoms with Crippen LogP contribution >= 0.6 is 0 Å². The van der Waals surface area contributed by atoms with Crippen LogP contribution in [-0.4, -0.2) is 20.1 Å². The Balaban J connectivity index is 1.02. The van der Waals surface area contributed by atoms with Crippen LogP contribution in [0.2, 0.25) is 0 Å². The number of para-hydroxylation sites is 4. The van der Waals surface area contributed by atoms with E-state index in [9.17, 15) is 0 Å². The first-order valence-electron chi connectivity index (χ1n) is 32.4. The van der Waals surface area contributed by atoms with Crippen molar-refractivity contribution in [3.8, 4) is 44.5 Å². The second kappa shape index (κ2) is 16.9. The highest BCUT2D eigenvalue weighted by molar-refractivity contribution is 7.08. The van der Waals surface area contributed by atoms with Gasteiger partial charge in [0.15, 0.2) is 0 Å². The highest BCUT2D eigenvalue weighted by Gasteiger charge is 2.56. The smallest absolute Gasteiger partial charge is 0.252 e. The van der Waals surface area contributed by atoms with Gasteiger partial charge in [0.1, 0.15) is 0 Å². The number of nitrogens with zero attached hydrogens (tertiary/aromatic N) is 4. The lowest BCUT2D eigenvalue weighted by Gasteiger charge is -2.53. The highest BCUT2D eigenvalue weighted by Crippen LogP contribution is 2.58. The van der Waals surface area contributed by atoms with Crippen molar-refractivity contribution in [2.75, 3.05) is 19.6 Å². The van der Waals surface area contributed by atoms with Gasteiger partial charge < -0.3 is 19.6 Å². The molecule has 0 N–H and O–H groups in total. The molecule has 0 saturated heterocycles. The number of fused-ring (bicyclic) bond motifs is 24. The van der Waals surface area contributed by atoms with E-state index in [-0.39, 0.29) is 41.8 Å². The van der Waals surface area contributed by atoms with Crippen LogP contribution in [0.25, 0.3) is 44.5 Å². The molecular weight excluding hydrogens is 1070 g/mol. The predicted octanol–water partition coefficient (Wildman–Crippen LogP) is 15.5. The molecule has 89 heavy (non-hydrogen) atoms. The molecule has 4 nitrogen and oxygen atoms in total. The topological polar surface area (TPSA) is 13.0 Å². The van der Waals surface area contributed by atoms with Gasteiger partial charge in [-0.15, -0.1) is 0 Å². The van der Waals surface area contributed by atoms with Crippen LogP contribution in [0.4, 0.5) is 68.2 Å². The molecule has 8 aliphatic rings. The third-order valence-corrected chi connectivity index (χ3v) is 21.7. The molecule has 426 valence electrons. The van der Waals surface area contributed by atoms with E-state index in [1.165, 1.54) is 184 Å². The Morgan fingerprint density at radius 3 is 0.888 bits per heavy atom. The molecule has 8 aliphatic heterocycles. The summed E-state index contributed by atoms with van der Waals surface area (Å²) in [5.41, 5.74) is 42.7. The molecule has 11 aromatic carbocycles. The molecule has 11 aromatic rings. The van der Waals surface area contributed by atoms with Gasteiger partial charge in [-0.05, 0) is 164 Å². The fraction of sp³-hybridized carbons (Fsp3) is 0.195. The van der Waals surface area contributed by atoms with Crippen molar-refractivity contribution in [2.24, 2.45) is 0 Å². The summed E-state index contributed by atoms with van der Waals surface area (Å²) in [6.07, 6.45) is 0. The molecule has 0 atom stereocenters. The van der Waals surface area contributed by atoms with Crippen LogP contribution in [0, 0.1) is 0 Å². The Morgan fingerprint density at radius 2 is 0.517 bits per heavy atom. The van der Waals surface area contributed by atoms with Crippen LogP contribution < -0.4 is 68.8 Å². The lowest BCUT2D eigenvalue weighted by atomic mass is 9.25. The summed E-state index contributed by atoms with van der Waals surface area (Å²) >= 11 is 0. The van der Waals surface area contributed by atoms with Gasteiger partial charge in [0.2, 0.25) is 0 Å². The Kier molecular flexibility index (Phi) is 9.87. The average molecular weight is 1140 g/mol. The SMILES string of the molecule is CC(C)(C)c1ccc2c(c1)N1c3cc(C(C)(C)C)cc4c3B(c3cccc5c3N4c3ccccc3-c3ccccc3-5)c3cc4c5c(c31)B2c1ccc(C(C)(C)C)cc1N5c1cc(C(C)(C)C)cc2c1B4c1cccc3c1N2c1ccccc1-c1ccccc1-3. The van der Waals surface area contributed by atoms with Crippen LogP contribution in [0.1, 0.15) is 105 Å². The minimum absolute atomic E-state index is 0.0589. The molecule has 0 spiro atoms. The molecule has 19 rings (SSSR count). The van der Waals surface area contributed by atoms with E-state index >= 15 is 0 Å². The first-order valence-corrected chi connectivity index (χ1v) is 32.4. The molecule has 7 heteroatoms. The number of hydrogen-bond donors (Lipinski definition) is 0. The zero-order valence-corrected chi connectivity index (χ0v) is 53.1. The van der Waals surface area contributed by atoms with Crippen molar-refractivity contribution in [1.29, 1.82) is 0 Å². The lowest BCUT2D eigenvalue weighted by Crippen LogP contribution is -2.72. The zero-order chi connectivity index (χ0) is 60.4. The van der Waals surface area contributed by atoms with E-state index < -0.39 is 0 Å². The molecule has 0 fully saturated rings. The van der Waals surface area contributed by atoms with E-state index in [1.807, 2.05) is 0 Å². The van der Waals surface area contributed by atoms with E-state index in [2.05, 4.69) is 303 Å². The van der Waals surface area contributed by atoms with Gasteiger partial charge in [-0.2, -0.15) is 0 Å². The quantitative estimate of drug-likeness (QED) is 0.140. The fourth-order valence-corrected chi connectivity index (χ4v) is 17.4. The summed E-state index contributed by atoms with van der Waals surface area (Å²) < 4.78 is 0. The lowest BCUT2D eigenvalue weighted by molar-refractivity contribution is 0.590. The van der Waals surface area contributed by atoms with Gasteiger partial charge in [0.25, 0.3) is 20.1 Å². The van der Waals surface area contributed by atoms with Crippen molar-refractivity contribution in [3.63, 3.8) is 0 Å². The van der Waals surface area contributed by atoms with Crippen molar-refractivity contribution in [1.82, 2.24) is 0 Å². The molecule has 0 amide bonds. The largest absolute Gasteiger partial charge is 0.312 e. The Bertz CT molecular complexity index is 4770. The molecule has 0 saturated carbocycles. The van der Waals surface area contributed by atoms with Crippen molar-refractivity contribution >= 4 is 138 Å². The third kappa shape index (κ3) is 6.63. The maximum atomic E-state index is 2.81. The molecule has 0 radical (unpaired) electrons. The second-order valence-electron chi connectivity index (χ2n) is 30.8. The molecule has 8 heterocycles. The molecule has 0 aliphatic carbocycles. The van der Waals surface area contributed by atoms with Gasteiger partial charge in [-0.3, -0.25) is 0 Å². The van der Waals surface area contributed by atoms with Crippen molar-refractivity contribution in [2.45, 2.75) is 105 Å². The van der Waals surface area contributed by atoms with Gasteiger partial charge in [-0.1, -0.05) is 235 Å². The molecular formula is C82H69B3N4. The minimum atomic E-state index is -0.176. The number of benzene rings is 11. The maximum Gasteiger partial charge on any atom is 0.252 e. The van der Waals surface area contributed by atoms with E-state index in [0.29, 0.717) is 0 Å². The first-order chi connectivity index (χ1) is 42.7. The van der Waals surface area contributed by atoms with Gasteiger partial charge in [0.05, 0.1) is 11.4 Å². The Hall–Kier alpha value is -9.19. The summed E-state index contributed by atoms with van der Waals surface area (Å²) in [5.74, 6) is 0. The average Bonchev–Trinajstić information content (AvgIpc) is 1.07. The standard InChI is InChI=1S/C82H69B3N4/c1-79(2,3)46-35-37-58-66(39-46)88-70-43-48(81(7,8)9)41-68-72(70)84(60-31-21-29-56-52-25-15-13-23-50(52)54-27-17-19-33-64(54)86(68)75(56)60)62-45-63-78-74(77(62)88)83(58)59-38-36-47(80(4,5)6)40-67(59)89(78)71-44-49(82(10,11)12)42-69-73(71)85(63)61-32-22-30-57-53-26-16-14-24-51(53)55-28-18-20-34-65(55)87(69)76(57)61/h13-45H,1-12H3. The predicted molar refractivity (Wildman–Crippen MR) is 383 cm³/mol. The van der Waals surface area contributed by atoms with Gasteiger partial charge >= 0.3 is 0 Å². The van der Waals surface area contributed by atoms with Crippen LogP contribution in [-0.2, 0) is 21.7 Å². The first kappa shape index (κ1) is 51.8. The monoisotopic (exact) mass is 1140 g/mol. The van der Waals surface area contributed by atoms with Crippen molar-refractivity contribution < 1.29 is 0 Å². The zero-order valence-electron chi connectivity index (χ0n) is 53.1. The Morgan fingerprint density at radius 1 is 0.213 bits per heavy atom. The van der Waals surface area contributed by atoms with E-state index in [4.69, 9.17) is 0 Å². The Labute approximate surface area is 525 Å². The summed E-state index contributed by atoms with van der Waals surface area (Å²) in [6, 6.07) is 79.7. The van der Waals surface area contributed by atoms with Crippen LogP contribution in [0.5, 0.6) is 0 Å². The normalized spacial score (nSPS) is 15.0. The van der Waals surface area contributed by atoms with E-state index in [0.717, 1.165) is 0 Å². The number of hydrogen-bond acceptors (Lipinski definition) is 4. The maximum absolute atomic E-state index is 2.81. The van der Waals surface area contributed by atoms with Crippen LogP contribution in [0.15, 0.2) is 200 Å². The van der Waals surface area contributed by atoms with E-state index in [1.54, 1.807) is 0 Å². The summed E-state index contributed by atoms with van der Waals surface area (Å²) in [5, 5.41) is 0. The van der Waals surface area contributed by atoms with Gasteiger partial charge in [-0.25, -0.2) is 0 Å². The van der Waals surface area contributed by atoms with Crippen molar-refractivity contribution in [3.05, 3.63) is 222 Å². The van der Waals surface area contributed by atoms with Crippen LogP contribution in [0.3, 0.4) is 0 Å². The highest BCUT2D eigenvalue weighted by atomic mass is 15.2.